The van der Waals surface area contributed by atoms with Crippen LogP contribution in [0.4, 0.5) is 10.5 Å². The molecule has 80 heavy (non-hydrogen) atoms. The van der Waals surface area contributed by atoms with Gasteiger partial charge < -0.3 is 67.7 Å². The van der Waals surface area contributed by atoms with E-state index in [2.05, 4.69) is 10.6 Å². The van der Waals surface area contributed by atoms with Crippen molar-refractivity contribution in [1.29, 1.82) is 0 Å². The topological polar surface area (TPSA) is 286 Å². The molecule has 0 saturated carbocycles. The highest BCUT2D eigenvalue weighted by molar-refractivity contribution is 8.00. The zero-order valence-corrected chi connectivity index (χ0v) is 48.7. The lowest BCUT2D eigenvalue weighted by Crippen LogP contribution is -2.63. The van der Waals surface area contributed by atoms with Crippen LogP contribution >= 0.6 is 23.4 Å². The second-order valence-corrected chi connectivity index (χ2v) is 22.0. The van der Waals surface area contributed by atoms with E-state index in [1.165, 1.54) is 49.8 Å². The number of epoxide rings is 1. The molecular weight excluding hydrogens is 1090 g/mol. The molecule has 4 bridgehead atoms. The number of alkyl carbamates (subject to hydrolysis) is 1. The molecule has 0 spiro atoms. The Hall–Kier alpha value is -5.38. The van der Waals surface area contributed by atoms with Gasteiger partial charge in [0, 0.05) is 64.6 Å². The maximum atomic E-state index is 14.4. The number of esters is 1. The fourth-order valence-electron chi connectivity index (χ4n) is 9.06. The molecule has 0 aliphatic carbocycles. The van der Waals surface area contributed by atoms with Crippen molar-refractivity contribution in [2.75, 3.05) is 98.4 Å². The summed E-state index contributed by atoms with van der Waals surface area (Å²) in [4.78, 5) is 110. The number of ether oxygens (including phenoxy) is 9. The van der Waals surface area contributed by atoms with Crippen molar-refractivity contribution in [3.63, 3.8) is 0 Å². The van der Waals surface area contributed by atoms with Gasteiger partial charge in [0.2, 0.25) is 17.7 Å². The number of carbonyl (C=O) groups excluding carboxylic acids is 8. The first-order chi connectivity index (χ1) is 38.0. The molecule has 0 radical (unpaired) electrons. The average molecular weight is 1170 g/mol. The number of imide groups is 1. The highest BCUT2D eigenvalue weighted by Gasteiger charge is 2.64. The van der Waals surface area contributed by atoms with E-state index >= 15 is 0 Å². The highest BCUT2D eigenvalue weighted by atomic mass is 35.5. The Balaban J connectivity index is 1.04. The largest absolute Gasteiger partial charge is 0.495 e. The van der Waals surface area contributed by atoms with Crippen molar-refractivity contribution in [2.45, 2.75) is 133 Å². The van der Waals surface area contributed by atoms with E-state index in [0.29, 0.717) is 55.8 Å². The van der Waals surface area contributed by atoms with Gasteiger partial charge in [-0.25, -0.2) is 14.4 Å². The Labute approximate surface area is 476 Å². The number of aliphatic hydroxyl groups is 1. The predicted molar refractivity (Wildman–Crippen MR) is 290 cm³/mol. The second kappa shape index (κ2) is 31.2. The fraction of sp³-hybridized carbons (Fsp3) is 0.667. The molecule has 1 aromatic rings. The normalized spacial score (nSPS) is 26.0. The van der Waals surface area contributed by atoms with Crippen LogP contribution in [0.15, 0.2) is 35.9 Å². The molecule has 0 aromatic heterocycles. The number of carbonyl (C=O) groups is 8. The van der Waals surface area contributed by atoms with Gasteiger partial charge in [0.15, 0.2) is 5.72 Å². The molecule has 26 heteroatoms. The summed E-state index contributed by atoms with van der Waals surface area (Å²) in [5.41, 5.74) is -1.13. The maximum absolute atomic E-state index is 14.4. The van der Waals surface area contributed by atoms with E-state index in [1.807, 2.05) is 19.9 Å². The van der Waals surface area contributed by atoms with Crippen LogP contribution in [0, 0.1) is 5.92 Å². The lowest BCUT2D eigenvalue weighted by atomic mass is 9.83. The first kappa shape index (κ1) is 65.4. The number of rotatable bonds is 27. The first-order valence-corrected chi connectivity index (χ1v) is 28.0. The third-order valence-electron chi connectivity index (χ3n) is 14.1. The number of allylic oxidation sites excluding steroid dienone is 3. The molecule has 4 aliphatic rings. The van der Waals surface area contributed by atoms with Crippen molar-refractivity contribution in [3.8, 4) is 5.75 Å². The van der Waals surface area contributed by atoms with E-state index in [9.17, 15) is 43.5 Å². The van der Waals surface area contributed by atoms with Crippen LogP contribution < -0.4 is 20.3 Å². The summed E-state index contributed by atoms with van der Waals surface area (Å²) >= 11 is 8.20. The molecule has 3 N–H and O–H groups in total. The van der Waals surface area contributed by atoms with Crippen molar-refractivity contribution in [3.05, 3.63) is 46.5 Å². The molecule has 446 valence electrons. The van der Waals surface area contributed by atoms with Crippen LogP contribution in [-0.4, -0.2) is 203 Å². The first-order valence-electron chi connectivity index (χ1n) is 26.6. The third kappa shape index (κ3) is 18.8. The lowest BCUT2D eigenvalue weighted by molar-refractivity contribution is -0.198. The van der Waals surface area contributed by atoms with Gasteiger partial charge in [0.05, 0.1) is 90.4 Å². The van der Waals surface area contributed by atoms with E-state index < -0.39 is 83.5 Å². The minimum absolute atomic E-state index is 0.0247. The van der Waals surface area contributed by atoms with Crippen LogP contribution in [0.1, 0.15) is 85.1 Å². The fourth-order valence-corrected chi connectivity index (χ4v) is 10.2. The minimum Gasteiger partial charge on any atom is -0.495 e. The van der Waals surface area contributed by atoms with Gasteiger partial charge in [-0.05, 0) is 51.3 Å². The lowest BCUT2D eigenvalue weighted by Gasteiger charge is -2.42. The number of thioether (sulfide) groups is 1. The molecule has 3 saturated heterocycles. The molecule has 1 aromatic carbocycles. The number of hydrogen-bond acceptors (Lipinski definition) is 20. The monoisotopic (exact) mass is 1170 g/mol. The molecule has 6 amide bonds. The zero-order valence-electron chi connectivity index (χ0n) is 47.1. The number of halogens is 1. The molecule has 24 nitrogen and oxygen atoms in total. The number of nitrogens with zero attached hydrogens (tertiary/aromatic N) is 3. The minimum atomic E-state index is -1.87. The van der Waals surface area contributed by atoms with Crippen molar-refractivity contribution in [2.24, 2.45) is 5.92 Å². The number of hydrogen-bond donors (Lipinski definition) is 3. The summed E-state index contributed by atoms with van der Waals surface area (Å²) in [5, 5.41) is 17.8. The summed E-state index contributed by atoms with van der Waals surface area (Å²) in [5.74, 6) is -3.72. The van der Waals surface area contributed by atoms with Gasteiger partial charge in [-0.2, -0.15) is 0 Å². The summed E-state index contributed by atoms with van der Waals surface area (Å²) in [6.45, 7) is 11.1. The van der Waals surface area contributed by atoms with Gasteiger partial charge in [-0.3, -0.25) is 29.3 Å². The number of anilines is 1. The number of fused-ring (bicyclic) bond motifs is 5. The smallest absolute Gasteiger partial charge is 0.409 e. The number of amides is 6. The summed E-state index contributed by atoms with van der Waals surface area (Å²) in [6.07, 6.45) is 0.902. The number of nitrogens with one attached hydrogen (secondary N) is 2. The second-order valence-electron chi connectivity index (χ2n) is 20.2. The number of methoxy groups -OCH3 is 2. The van der Waals surface area contributed by atoms with Crippen LogP contribution in [0.3, 0.4) is 0 Å². The predicted octanol–water partition coefficient (Wildman–Crippen LogP) is 3.60. The molecule has 3 fully saturated rings. The highest BCUT2D eigenvalue weighted by Crippen LogP contribution is 2.49. The van der Waals surface area contributed by atoms with Crippen molar-refractivity contribution < 1.29 is 90.9 Å². The van der Waals surface area contributed by atoms with Crippen LogP contribution in [0.2, 0.25) is 5.02 Å². The Bertz CT molecular complexity index is 2400. The van der Waals surface area contributed by atoms with E-state index in [0.717, 1.165) is 11.1 Å². The van der Waals surface area contributed by atoms with Crippen LogP contribution in [-0.2, 0) is 82.7 Å². The van der Waals surface area contributed by atoms with Gasteiger partial charge in [-0.15, -0.1) is 16.8 Å². The van der Waals surface area contributed by atoms with E-state index in [1.54, 1.807) is 45.2 Å². The van der Waals surface area contributed by atoms with Crippen LogP contribution in [0.5, 0.6) is 5.75 Å². The third-order valence-corrected chi connectivity index (χ3v) is 15.7. The quantitative estimate of drug-likeness (QED) is 0.0491. The SMILES string of the molecule is COc1cc2cc(c1Cl)N(C)C(=O)C[C@H](OC(=O)[C@H](C)N(C)C(=O)CCC(C)SCC(=O)NCCOCCOCCOCCOCCC(=O)ON1C(=O)CCC1=O)[C@]1(C)O[C@H]1[C@H](C)[C@@H]1C[C@@](O)(NC(=O)O1)[C@H](OC)/C=C/C=C(\C)C2. The van der Waals surface area contributed by atoms with E-state index in [4.69, 9.17) is 59.1 Å². The summed E-state index contributed by atoms with van der Waals surface area (Å²) in [6, 6.07) is 2.46. The zero-order chi connectivity index (χ0) is 58.7. The van der Waals surface area contributed by atoms with Crippen molar-refractivity contribution in [1.82, 2.24) is 20.6 Å². The summed E-state index contributed by atoms with van der Waals surface area (Å²) < 4.78 is 51.2. The Morgan fingerprint density at radius 3 is 2.23 bits per heavy atom. The molecule has 4 heterocycles. The Morgan fingerprint density at radius 1 is 0.950 bits per heavy atom. The van der Waals surface area contributed by atoms with Gasteiger partial charge in [-0.1, -0.05) is 49.2 Å². The maximum Gasteiger partial charge on any atom is 0.409 e. The summed E-state index contributed by atoms with van der Waals surface area (Å²) in [7, 11) is 5.93. The molecule has 5 rings (SSSR count). The van der Waals surface area contributed by atoms with Crippen molar-refractivity contribution >= 4 is 76.6 Å². The molecule has 9 atom stereocenters. The standard InChI is InChI=1S/C54H78ClN5O19S/c1-33-11-10-12-41(71-9)54(69)31-40(76-52(68)57-54)35(3)50-53(5,78-50)42(30-47(65)59(7)38-28-37(27-33)29-39(70-8)49(38)55)77-51(67)36(4)58(6)44(62)14-13-34(2)80-32-43(61)56-18-20-73-22-24-75-26-25-74-23-21-72-19-17-48(66)79-60-45(63)15-16-46(60)64/h10-12,28-29,34-36,40-42,50,69H,13-27,30-32H2,1-9H3,(H,56,61)(H,57,68)/b12-10+,33-11+/t34?,35-,36+,40+,41-,42+,50+,53+,54+/m1/s1. The molecule has 4 aliphatic heterocycles. The van der Waals surface area contributed by atoms with Gasteiger partial charge in [0.25, 0.3) is 11.8 Å². The Kier molecular flexibility index (Phi) is 25.5. The average Bonchev–Trinajstić information content (AvgIpc) is 4.20. The molecule has 1 unspecified atom stereocenters. The molecular formula is C54H78ClN5O19S. The van der Waals surface area contributed by atoms with Gasteiger partial charge >= 0.3 is 18.0 Å². The number of likely N-dealkylation sites (N-methyl/N-ethyl adjacent to an activating group) is 1. The Morgan fingerprint density at radius 2 is 1.59 bits per heavy atom. The van der Waals surface area contributed by atoms with E-state index in [-0.39, 0.29) is 99.3 Å². The number of hydroxylamine groups is 2. The number of benzene rings is 1. The van der Waals surface area contributed by atoms with Gasteiger partial charge in [0.1, 0.15) is 40.7 Å². The van der Waals surface area contributed by atoms with Crippen LogP contribution in [0.25, 0.3) is 0 Å².